The molecule has 0 saturated heterocycles. The van der Waals surface area contributed by atoms with E-state index in [1.54, 1.807) is 0 Å². The van der Waals surface area contributed by atoms with E-state index < -0.39 is 0 Å². The van der Waals surface area contributed by atoms with Gasteiger partial charge in [0.05, 0.1) is 13.2 Å². The molecule has 0 rings (SSSR count). The van der Waals surface area contributed by atoms with Crippen molar-refractivity contribution in [3.05, 3.63) is 0 Å². The van der Waals surface area contributed by atoms with Gasteiger partial charge in [-0.15, -0.1) is 0 Å². The van der Waals surface area contributed by atoms with Gasteiger partial charge in [0.1, 0.15) is 0 Å². The zero-order valence-corrected chi connectivity index (χ0v) is 36.3. The molecule has 0 fully saturated rings. The van der Waals surface area contributed by atoms with Gasteiger partial charge < -0.3 is 9.47 Å². The molecule has 0 aromatic heterocycles. The summed E-state index contributed by atoms with van der Waals surface area (Å²) >= 11 is 0. The predicted octanol–water partition coefficient (Wildman–Crippen LogP) is 16.7. The Kier molecular flexibility index (Phi) is 50.9. The Labute approximate surface area is 327 Å². The quantitative estimate of drug-likeness (QED) is 0.0462. The summed E-state index contributed by atoms with van der Waals surface area (Å²) in [4.78, 5) is 23.4. The van der Waals surface area contributed by atoms with Crippen molar-refractivity contribution in [3.8, 4) is 0 Å². The molecule has 0 N–H and O–H groups in total. The van der Waals surface area contributed by atoms with Crippen LogP contribution in [0.25, 0.3) is 0 Å². The van der Waals surface area contributed by atoms with Crippen LogP contribution in [0.2, 0.25) is 0 Å². The number of unbranched alkanes of at least 4 members (excludes halogenated alkanes) is 34. The molecule has 0 heterocycles. The highest BCUT2D eigenvalue weighted by molar-refractivity contribution is 5.69. The van der Waals surface area contributed by atoms with Crippen molar-refractivity contribution in [1.29, 1.82) is 0 Å². The van der Waals surface area contributed by atoms with Gasteiger partial charge >= 0.3 is 11.9 Å². The molecule has 0 aromatic carbocycles. The van der Waals surface area contributed by atoms with Crippen LogP contribution in [0.1, 0.15) is 285 Å². The van der Waals surface area contributed by atoms with Gasteiger partial charge in [-0.05, 0) is 25.7 Å². The van der Waals surface area contributed by atoms with Crippen LogP contribution in [0.4, 0.5) is 0 Å². The Morgan fingerprint density at radius 3 is 0.635 bits per heavy atom. The van der Waals surface area contributed by atoms with Crippen LogP contribution in [-0.4, -0.2) is 25.2 Å². The average Bonchev–Trinajstić information content (AvgIpc) is 3.15. The Morgan fingerprint density at radius 2 is 0.423 bits per heavy atom. The van der Waals surface area contributed by atoms with Crippen LogP contribution in [0.3, 0.4) is 0 Å². The topological polar surface area (TPSA) is 52.6 Å². The SMILES string of the molecule is CCCCCCCCCCCCOC(=O)CCCCCCCCCCC.CCCCCCCCCCCCOC(=O)CCCCCCCCCCC. The molecule has 52 heavy (non-hydrogen) atoms. The maximum atomic E-state index is 11.7. The van der Waals surface area contributed by atoms with E-state index in [4.69, 9.17) is 9.47 Å². The van der Waals surface area contributed by atoms with E-state index in [0.29, 0.717) is 26.1 Å². The summed E-state index contributed by atoms with van der Waals surface area (Å²) in [7, 11) is 0. The van der Waals surface area contributed by atoms with Crippen molar-refractivity contribution >= 4 is 11.9 Å². The zero-order valence-electron chi connectivity index (χ0n) is 36.3. The van der Waals surface area contributed by atoms with Crippen LogP contribution < -0.4 is 0 Å². The lowest BCUT2D eigenvalue weighted by atomic mass is 10.1. The van der Waals surface area contributed by atoms with Crippen molar-refractivity contribution in [3.63, 3.8) is 0 Å². The Bertz CT molecular complexity index is 607. The number of carbonyl (C=O) groups excluding carboxylic acids is 2. The monoisotopic (exact) mass is 737 g/mol. The largest absolute Gasteiger partial charge is 0.466 e. The fourth-order valence-electron chi connectivity index (χ4n) is 6.86. The summed E-state index contributed by atoms with van der Waals surface area (Å²) in [5, 5.41) is 0. The fraction of sp³-hybridized carbons (Fsp3) is 0.958. The summed E-state index contributed by atoms with van der Waals surface area (Å²) in [6, 6.07) is 0. The van der Waals surface area contributed by atoms with Crippen LogP contribution >= 0.6 is 0 Å². The maximum absolute atomic E-state index is 11.7. The molecule has 0 spiro atoms. The van der Waals surface area contributed by atoms with Gasteiger partial charge in [-0.25, -0.2) is 0 Å². The van der Waals surface area contributed by atoms with Gasteiger partial charge in [-0.3, -0.25) is 9.59 Å². The third-order valence-corrected chi connectivity index (χ3v) is 10.5. The molecule has 312 valence electrons. The van der Waals surface area contributed by atoms with Crippen molar-refractivity contribution in [1.82, 2.24) is 0 Å². The molecule has 0 bridgehead atoms. The lowest BCUT2D eigenvalue weighted by Gasteiger charge is -2.05. The molecule has 0 aromatic rings. The highest BCUT2D eigenvalue weighted by Crippen LogP contribution is 2.14. The minimum atomic E-state index is 0.0175. The van der Waals surface area contributed by atoms with Crippen LogP contribution in [0.5, 0.6) is 0 Å². The summed E-state index contributed by atoms with van der Waals surface area (Å²) in [5.74, 6) is 0.0349. The lowest BCUT2D eigenvalue weighted by Crippen LogP contribution is -2.05. The van der Waals surface area contributed by atoms with Gasteiger partial charge in [0.15, 0.2) is 0 Å². The third kappa shape index (κ3) is 51.0. The number of carbonyl (C=O) groups is 2. The van der Waals surface area contributed by atoms with Gasteiger partial charge in [-0.2, -0.15) is 0 Å². The Hall–Kier alpha value is -1.06. The molecule has 0 aliphatic rings. The van der Waals surface area contributed by atoms with E-state index in [1.807, 2.05) is 0 Å². The first kappa shape index (κ1) is 53.0. The van der Waals surface area contributed by atoms with Crippen molar-refractivity contribution < 1.29 is 19.1 Å². The molecule has 4 nitrogen and oxygen atoms in total. The van der Waals surface area contributed by atoms with Crippen LogP contribution in [0, 0.1) is 0 Å². The Morgan fingerprint density at radius 1 is 0.250 bits per heavy atom. The van der Waals surface area contributed by atoms with E-state index in [9.17, 15) is 9.59 Å². The van der Waals surface area contributed by atoms with Gasteiger partial charge in [0.2, 0.25) is 0 Å². The van der Waals surface area contributed by atoms with E-state index in [0.717, 1.165) is 25.7 Å². The van der Waals surface area contributed by atoms with Crippen LogP contribution in [-0.2, 0) is 19.1 Å². The summed E-state index contributed by atoms with van der Waals surface area (Å²) < 4.78 is 10.7. The molecule has 0 saturated carbocycles. The number of hydrogen-bond acceptors (Lipinski definition) is 4. The smallest absolute Gasteiger partial charge is 0.305 e. The minimum absolute atomic E-state index is 0.0175. The summed E-state index contributed by atoms with van der Waals surface area (Å²) in [5.41, 5.74) is 0. The van der Waals surface area contributed by atoms with E-state index >= 15 is 0 Å². The summed E-state index contributed by atoms with van der Waals surface area (Å²) in [6.45, 7) is 10.3. The predicted molar refractivity (Wildman–Crippen MR) is 229 cm³/mol. The normalized spacial score (nSPS) is 11.0. The van der Waals surface area contributed by atoms with Gasteiger partial charge in [0, 0.05) is 12.8 Å². The van der Waals surface area contributed by atoms with Gasteiger partial charge in [-0.1, -0.05) is 246 Å². The fourth-order valence-corrected chi connectivity index (χ4v) is 6.86. The maximum Gasteiger partial charge on any atom is 0.305 e. The number of hydrogen-bond donors (Lipinski definition) is 0. The third-order valence-electron chi connectivity index (χ3n) is 10.5. The lowest BCUT2D eigenvalue weighted by molar-refractivity contribution is -0.144. The zero-order chi connectivity index (χ0) is 38.3. The number of esters is 2. The standard InChI is InChI=1S/2C24H48O2/c2*1-3-5-7-9-11-13-15-17-19-21-23-26-24(25)22-20-18-16-14-12-10-8-6-4-2/h2*3-23H2,1-2H3. The average molecular weight is 737 g/mol. The minimum Gasteiger partial charge on any atom is -0.466 e. The number of rotatable bonds is 42. The number of ether oxygens (including phenoxy) is 2. The van der Waals surface area contributed by atoms with E-state index in [2.05, 4.69) is 27.7 Å². The van der Waals surface area contributed by atoms with E-state index in [1.165, 1.54) is 218 Å². The highest BCUT2D eigenvalue weighted by Gasteiger charge is 2.04. The molecular weight excluding hydrogens is 641 g/mol. The molecule has 0 aliphatic carbocycles. The second-order valence-corrected chi connectivity index (χ2v) is 16.0. The van der Waals surface area contributed by atoms with Gasteiger partial charge in [0.25, 0.3) is 0 Å². The van der Waals surface area contributed by atoms with Crippen molar-refractivity contribution in [2.45, 2.75) is 285 Å². The molecular formula is C48H96O4. The summed E-state index contributed by atoms with van der Waals surface area (Å²) in [6.07, 6.45) is 50.9. The molecule has 0 amide bonds. The van der Waals surface area contributed by atoms with Crippen LogP contribution in [0.15, 0.2) is 0 Å². The molecule has 0 atom stereocenters. The second kappa shape index (κ2) is 49.9. The highest BCUT2D eigenvalue weighted by atomic mass is 16.5. The Balaban J connectivity index is 0. The first-order valence-electron chi connectivity index (χ1n) is 23.9. The van der Waals surface area contributed by atoms with E-state index in [-0.39, 0.29) is 11.9 Å². The second-order valence-electron chi connectivity index (χ2n) is 16.0. The first-order valence-corrected chi connectivity index (χ1v) is 23.9. The van der Waals surface area contributed by atoms with Crippen molar-refractivity contribution in [2.24, 2.45) is 0 Å². The first-order chi connectivity index (χ1) is 25.6. The molecule has 0 aliphatic heterocycles. The molecule has 0 unspecified atom stereocenters. The van der Waals surface area contributed by atoms with Crippen molar-refractivity contribution in [2.75, 3.05) is 13.2 Å². The molecule has 4 heteroatoms. The molecule has 0 radical (unpaired) electrons.